The summed E-state index contributed by atoms with van der Waals surface area (Å²) in [5.41, 5.74) is 1.73. The van der Waals surface area contributed by atoms with Crippen LogP contribution in [0.3, 0.4) is 0 Å². The Morgan fingerprint density at radius 3 is 2.64 bits per heavy atom. The number of rotatable bonds is 7. The maximum atomic E-state index is 11.9. The topological polar surface area (TPSA) is 64.1 Å². The zero-order valence-electron chi connectivity index (χ0n) is 13.3. The van der Waals surface area contributed by atoms with Gasteiger partial charge in [0.25, 0.3) is 0 Å². The molecule has 7 heteroatoms. The van der Waals surface area contributed by atoms with E-state index in [2.05, 4.69) is 15.5 Å². The number of nitrogens with zero attached hydrogens (tertiary/aromatic N) is 2. The third-order valence-electron chi connectivity index (χ3n) is 3.37. The van der Waals surface area contributed by atoms with Crippen LogP contribution >= 0.6 is 22.9 Å². The van der Waals surface area contributed by atoms with E-state index in [4.69, 9.17) is 16.3 Å². The van der Waals surface area contributed by atoms with E-state index in [0.29, 0.717) is 30.5 Å². The van der Waals surface area contributed by atoms with E-state index in [9.17, 15) is 4.79 Å². The van der Waals surface area contributed by atoms with Crippen LogP contribution in [-0.4, -0.2) is 29.3 Å². The van der Waals surface area contributed by atoms with Gasteiger partial charge in [0.15, 0.2) is 0 Å². The smallest absolute Gasteiger partial charge is 0.233 e. The van der Waals surface area contributed by atoms with Gasteiger partial charge in [-0.05, 0) is 35.2 Å². The van der Waals surface area contributed by atoms with Crippen LogP contribution in [0.25, 0.3) is 10.6 Å². The molecule has 0 unspecified atom stereocenters. The molecule has 1 N–H and O–H groups in total. The Hall–Kier alpha value is -2.44. The second-order valence-electron chi connectivity index (χ2n) is 5.24. The van der Waals surface area contributed by atoms with Crippen molar-refractivity contribution in [3.8, 4) is 16.5 Å². The van der Waals surface area contributed by atoms with Crippen molar-refractivity contribution in [2.75, 3.05) is 13.2 Å². The molecule has 2 aromatic heterocycles. The zero-order chi connectivity index (χ0) is 17.5. The van der Waals surface area contributed by atoms with Crippen LogP contribution < -0.4 is 10.1 Å². The summed E-state index contributed by atoms with van der Waals surface area (Å²) >= 11 is 7.43. The van der Waals surface area contributed by atoms with Gasteiger partial charge in [-0.2, -0.15) is 0 Å². The molecule has 1 amide bonds. The summed E-state index contributed by atoms with van der Waals surface area (Å²) in [6.45, 7) is 0.736. The molecular formula is C18H16ClN3O2S. The van der Waals surface area contributed by atoms with Crippen LogP contribution in [0.5, 0.6) is 5.88 Å². The zero-order valence-corrected chi connectivity index (χ0v) is 14.9. The second-order valence-corrected chi connectivity index (χ2v) is 6.62. The molecule has 25 heavy (non-hydrogen) atoms. The Balaban J connectivity index is 1.39. The number of hydrogen-bond donors (Lipinski definition) is 1. The molecule has 0 atom stereocenters. The van der Waals surface area contributed by atoms with Crippen LogP contribution in [0.1, 0.15) is 5.56 Å². The summed E-state index contributed by atoms with van der Waals surface area (Å²) in [5, 5.41) is 13.6. The van der Waals surface area contributed by atoms with E-state index in [1.54, 1.807) is 29.5 Å². The lowest BCUT2D eigenvalue weighted by Crippen LogP contribution is -2.29. The SMILES string of the molecule is O=C(Cc1ccc(Cl)cc1)NCCOc1ccc(-c2cccs2)nn1. The van der Waals surface area contributed by atoms with Crippen molar-refractivity contribution in [1.29, 1.82) is 0 Å². The molecule has 1 aromatic carbocycles. The molecule has 0 aliphatic heterocycles. The Morgan fingerprint density at radius 1 is 1.12 bits per heavy atom. The largest absolute Gasteiger partial charge is 0.475 e. The maximum Gasteiger partial charge on any atom is 0.233 e. The highest BCUT2D eigenvalue weighted by Crippen LogP contribution is 2.22. The average molecular weight is 374 g/mol. The first kappa shape index (κ1) is 17.4. The highest BCUT2D eigenvalue weighted by atomic mass is 35.5. The van der Waals surface area contributed by atoms with Crippen molar-refractivity contribution in [1.82, 2.24) is 15.5 Å². The van der Waals surface area contributed by atoms with Gasteiger partial charge in [-0.25, -0.2) is 0 Å². The molecule has 0 saturated heterocycles. The minimum Gasteiger partial charge on any atom is -0.475 e. The van der Waals surface area contributed by atoms with Gasteiger partial charge in [-0.1, -0.05) is 29.8 Å². The predicted octanol–water partition coefficient (Wildman–Crippen LogP) is 3.60. The fourth-order valence-corrected chi connectivity index (χ4v) is 2.97. The van der Waals surface area contributed by atoms with E-state index >= 15 is 0 Å². The van der Waals surface area contributed by atoms with Crippen molar-refractivity contribution in [3.63, 3.8) is 0 Å². The highest BCUT2D eigenvalue weighted by Gasteiger charge is 2.05. The van der Waals surface area contributed by atoms with Gasteiger partial charge < -0.3 is 10.1 Å². The van der Waals surface area contributed by atoms with Crippen LogP contribution in [0.4, 0.5) is 0 Å². The Labute approximate surface area is 154 Å². The molecule has 2 heterocycles. The van der Waals surface area contributed by atoms with Crippen molar-refractivity contribution in [2.45, 2.75) is 6.42 Å². The molecule has 3 rings (SSSR count). The molecule has 0 spiro atoms. The molecule has 0 bridgehead atoms. The van der Waals surface area contributed by atoms with Crippen LogP contribution in [0.2, 0.25) is 5.02 Å². The molecular weight excluding hydrogens is 358 g/mol. The molecule has 0 aliphatic rings. The highest BCUT2D eigenvalue weighted by molar-refractivity contribution is 7.13. The molecule has 0 aliphatic carbocycles. The molecule has 128 valence electrons. The number of thiophene rings is 1. The number of amides is 1. The van der Waals surface area contributed by atoms with E-state index in [1.807, 2.05) is 35.7 Å². The lowest BCUT2D eigenvalue weighted by atomic mass is 10.1. The van der Waals surface area contributed by atoms with Crippen molar-refractivity contribution < 1.29 is 9.53 Å². The standard InChI is InChI=1S/C18H16ClN3O2S/c19-14-5-3-13(4-6-14)12-17(23)20-9-10-24-18-8-7-15(21-22-18)16-2-1-11-25-16/h1-8,11H,9-10,12H2,(H,20,23). The molecule has 0 saturated carbocycles. The quantitative estimate of drug-likeness (QED) is 0.643. The van der Waals surface area contributed by atoms with Gasteiger partial charge in [0.05, 0.1) is 17.8 Å². The van der Waals surface area contributed by atoms with Crippen LogP contribution in [0.15, 0.2) is 53.9 Å². The predicted molar refractivity (Wildman–Crippen MR) is 99.0 cm³/mol. The first-order valence-corrected chi connectivity index (χ1v) is 8.98. The molecule has 3 aromatic rings. The van der Waals surface area contributed by atoms with Gasteiger partial charge >= 0.3 is 0 Å². The number of nitrogens with one attached hydrogen (secondary N) is 1. The summed E-state index contributed by atoms with van der Waals surface area (Å²) in [5.74, 6) is 0.373. The lowest BCUT2D eigenvalue weighted by Gasteiger charge is -2.07. The van der Waals surface area contributed by atoms with Crippen molar-refractivity contribution in [2.24, 2.45) is 0 Å². The number of ether oxygens (including phenoxy) is 1. The number of benzene rings is 1. The van der Waals surface area contributed by atoms with Gasteiger partial charge in [0.1, 0.15) is 12.3 Å². The van der Waals surface area contributed by atoms with Crippen LogP contribution in [-0.2, 0) is 11.2 Å². The fourth-order valence-electron chi connectivity index (χ4n) is 2.15. The Morgan fingerprint density at radius 2 is 1.96 bits per heavy atom. The summed E-state index contributed by atoms with van der Waals surface area (Å²) in [6, 6.07) is 14.8. The summed E-state index contributed by atoms with van der Waals surface area (Å²) in [6.07, 6.45) is 0.312. The monoisotopic (exact) mass is 373 g/mol. The third-order valence-corrected chi connectivity index (χ3v) is 4.51. The minimum atomic E-state index is -0.0648. The third kappa shape index (κ3) is 5.27. The van der Waals surface area contributed by atoms with E-state index in [-0.39, 0.29) is 5.91 Å². The summed E-state index contributed by atoms with van der Waals surface area (Å²) < 4.78 is 5.49. The van der Waals surface area contributed by atoms with Gasteiger partial charge in [-0.3, -0.25) is 4.79 Å². The van der Waals surface area contributed by atoms with Crippen molar-refractivity contribution in [3.05, 3.63) is 64.5 Å². The van der Waals surface area contributed by atoms with Crippen LogP contribution in [0, 0.1) is 0 Å². The maximum absolute atomic E-state index is 11.9. The number of carbonyl (C=O) groups is 1. The van der Waals surface area contributed by atoms with E-state index in [0.717, 1.165) is 16.1 Å². The van der Waals surface area contributed by atoms with Crippen molar-refractivity contribution >= 4 is 28.8 Å². The molecule has 0 radical (unpaired) electrons. The average Bonchev–Trinajstić information content (AvgIpc) is 3.16. The lowest BCUT2D eigenvalue weighted by molar-refractivity contribution is -0.120. The van der Waals surface area contributed by atoms with E-state index < -0.39 is 0 Å². The van der Waals surface area contributed by atoms with Gasteiger partial charge in [0, 0.05) is 11.1 Å². The number of aromatic nitrogens is 2. The summed E-state index contributed by atoms with van der Waals surface area (Å²) in [7, 11) is 0. The Kier molecular flexibility index (Phi) is 5.98. The van der Waals surface area contributed by atoms with Gasteiger partial charge in [0.2, 0.25) is 11.8 Å². The molecule has 0 fully saturated rings. The number of halogens is 1. The summed E-state index contributed by atoms with van der Waals surface area (Å²) in [4.78, 5) is 12.9. The number of hydrogen-bond acceptors (Lipinski definition) is 5. The Bertz CT molecular complexity index is 805. The first-order valence-electron chi connectivity index (χ1n) is 7.72. The minimum absolute atomic E-state index is 0.0648. The second kappa shape index (κ2) is 8.60. The normalized spacial score (nSPS) is 10.4. The van der Waals surface area contributed by atoms with E-state index in [1.165, 1.54) is 0 Å². The fraction of sp³-hybridized carbons (Fsp3) is 0.167. The molecule has 5 nitrogen and oxygen atoms in total. The number of carbonyl (C=O) groups excluding carboxylic acids is 1. The van der Waals surface area contributed by atoms with Gasteiger partial charge in [-0.15, -0.1) is 21.5 Å². The first-order chi connectivity index (χ1) is 12.2.